The Kier molecular flexibility index (Phi) is 3.74. The summed E-state index contributed by atoms with van der Waals surface area (Å²) >= 11 is 0. The van der Waals surface area contributed by atoms with Crippen molar-refractivity contribution < 1.29 is 4.79 Å². The van der Waals surface area contributed by atoms with Gasteiger partial charge in [-0.25, -0.2) is 0 Å². The second-order valence-electron chi connectivity index (χ2n) is 6.20. The number of carbonyl (C=O) groups is 1. The predicted molar refractivity (Wildman–Crippen MR) is 81.5 cm³/mol. The molecule has 3 aliphatic rings. The van der Waals surface area contributed by atoms with Crippen LogP contribution in [0.1, 0.15) is 47.2 Å². The van der Waals surface area contributed by atoms with Gasteiger partial charge in [0.15, 0.2) is 0 Å². The van der Waals surface area contributed by atoms with E-state index in [1.165, 1.54) is 36.8 Å². The molecule has 108 valence electrons. The molecule has 3 nitrogen and oxygen atoms in total. The van der Waals surface area contributed by atoms with Crippen LogP contribution in [0.3, 0.4) is 0 Å². The van der Waals surface area contributed by atoms with Crippen LogP contribution in [0.5, 0.6) is 0 Å². The minimum atomic E-state index is 0. The van der Waals surface area contributed by atoms with E-state index in [0.717, 1.165) is 18.4 Å². The standard InChI is InChI=1S/C16H20N2O.ClH/c19-16(18-15-9-13-6-7-14(15)17-13)12-5-4-10-2-1-3-11(10)8-12;/h4-5,8,13-15,17H,1-3,6-7,9H2,(H,18,19);1H/t13?,14?,15-;/m1./s1. The van der Waals surface area contributed by atoms with Gasteiger partial charge in [0, 0.05) is 23.7 Å². The van der Waals surface area contributed by atoms with Crippen LogP contribution in [-0.4, -0.2) is 24.0 Å². The highest BCUT2D eigenvalue weighted by atomic mass is 35.5. The summed E-state index contributed by atoms with van der Waals surface area (Å²) in [6, 6.07) is 7.69. The third-order valence-electron chi connectivity index (χ3n) is 4.98. The topological polar surface area (TPSA) is 41.1 Å². The number of amides is 1. The molecule has 4 heteroatoms. The Morgan fingerprint density at radius 3 is 2.80 bits per heavy atom. The molecule has 3 atom stereocenters. The van der Waals surface area contributed by atoms with Crippen molar-refractivity contribution >= 4 is 18.3 Å². The van der Waals surface area contributed by atoms with Gasteiger partial charge < -0.3 is 10.6 Å². The van der Waals surface area contributed by atoms with Gasteiger partial charge in [-0.3, -0.25) is 4.79 Å². The van der Waals surface area contributed by atoms with Gasteiger partial charge in [0.1, 0.15) is 0 Å². The molecule has 0 spiro atoms. The van der Waals surface area contributed by atoms with Gasteiger partial charge in [-0.2, -0.15) is 0 Å². The molecule has 2 aliphatic heterocycles. The summed E-state index contributed by atoms with van der Waals surface area (Å²) in [5, 5.41) is 6.78. The van der Waals surface area contributed by atoms with Crippen LogP contribution in [0.2, 0.25) is 0 Å². The Labute approximate surface area is 125 Å². The number of nitrogens with one attached hydrogen (secondary N) is 2. The van der Waals surface area contributed by atoms with Gasteiger partial charge >= 0.3 is 0 Å². The van der Waals surface area contributed by atoms with Gasteiger partial charge in [0.2, 0.25) is 0 Å². The van der Waals surface area contributed by atoms with Crippen molar-refractivity contribution in [2.24, 2.45) is 0 Å². The van der Waals surface area contributed by atoms with Gasteiger partial charge in [-0.15, -0.1) is 12.4 Å². The van der Waals surface area contributed by atoms with E-state index in [2.05, 4.69) is 22.8 Å². The van der Waals surface area contributed by atoms with Crippen LogP contribution in [0.15, 0.2) is 18.2 Å². The maximum atomic E-state index is 12.3. The number of hydrogen-bond donors (Lipinski definition) is 2. The Balaban J connectivity index is 0.00000121. The minimum absolute atomic E-state index is 0. The zero-order valence-corrected chi connectivity index (χ0v) is 12.3. The van der Waals surface area contributed by atoms with Crippen molar-refractivity contribution in [3.63, 3.8) is 0 Å². The van der Waals surface area contributed by atoms with E-state index in [4.69, 9.17) is 0 Å². The highest BCUT2D eigenvalue weighted by Gasteiger charge is 2.39. The molecule has 2 unspecified atom stereocenters. The summed E-state index contributed by atoms with van der Waals surface area (Å²) in [5.41, 5.74) is 3.64. The molecule has 4 rings (SSSR count). The normalized spacial score (nSPS) is 29.9. The summed E-state index contributed by atoms with van der Waals surface area (Å²) in [5.74, 6) is 0.106. The van der Waals surface area contributed by atoms with Crippen molar-refractivity contribution in [1.29, 1.82) is 0 Å². The van der Waals surface area contributed by atoms with Gasteiger partial charge in [-0.05, 0) is 61.8 Å². The fourth-order valence-electron chi connectivity index (χ4n) is 3.95. The number of aryl methyl sites for hydroxylation is 2. The predicted octanol–water partition coefficient (Wildman–Crippen LogP) is 2.22. The second kappa shape index (κ2) is 5.38. The average Bonchev–Trinajstić information content (AvgIpc) is 3.13. The zero-order valence-electron chi connectivity index (χ0n) is 11.5. The Morgan fingerprint density at radius 2 is 2.05 bits per heavy atom. The van der Waals surface area contributed by atoms with Crippen LogP contribution >= 0.6 is 12.4 Å². The molecule has 0 saturated carbocycles. The number of carbonyl (C=O) groups excluding carboxylic acids is 1. The fourth-order valence-corrected chi connectivity index (χ4v) is 3.95. The molecule has 20 heavy (non-hydrogen) atoms. The first-order chi connectivity index (χ1) is 9.29. The van der Waals surface area contributed by atoms with E-state index in [1.54, 1.807) is 0 Å². The number of fused-ring (bicyclic) bond motifs is 3. The Bertz CT molecular complexity index is 531. The van der Waals surface area contributed by atoms with Gasteiger partial charge in [0.05, 0.1) is 0 Å². The molecule has 0 radical (unpaired) electrons. The molecule has 0 aromatic heterocycles. The van der Waals surface area contributed by atoms with E-state index in [1.807, 2.05) is 6.07 Å². The highest BCUT2D eigenvalue weighted by molar-refractivity contribution is 5.94. The van der Waals surface area contributed by atoms with Crippen LogP contribution in [0.25, 0.3) is 0 Å². The summed E-state index contributed by atoms with van der Waals surface area (Å²) in [7, 11) is 0. The third kappa shape index (κ3) is 2.33. The maximum absolute atomic E-state index is 12.3. The zero-order chi connectivity index (χ0) is 12.8. The molecule has 1 aromatic carbocycles. The lowest BCUT2D eigenvalue weighted by Gasteiger charge is -2.21. The van der Waals surface area contributed by atoms with E-state index in [9.17, 15) is 4.79 Å². The molecule has 1 amide bonds. The molecule has 2 heterocycles. The average molecular weight is 293 g/mol. The van der Waals surface area contributed by atoms with Crippen LogP contribution in [0.4, 0.5) is 0 Å². The smallest absolute Gasteiger partial charge is 0.251 e. The lowest BCUT2D eigenvalue weighted by atomic mass is 9.95. The molecular formula is C16H21ClN2O. The number of hydrogen-bond acceptors (Lipinski definition) is 2. The summed E-state index contributed by atoms with van der Waals surface area (Å²) < 4.78 is 0. The first-order valence-corrected chi connectivity index (χ1v) is 7.48. The first kappa shape index (κ1) is 13.9. The monoisotopic (exact) mass is 292 g/mol. The Morgan fingerprint density at radius 1 is 1.20 bits per heavy atom. The molecule has 1 aromatic rings. The lowest BCUT2D eigenvalue weighted by molar-refractivity contribution is 0.0931. The summed E-state index contributed by atoms with van der Waals surface area (Å²) in [6.45, 7) is 0. The van der Waals surface area contributed by atoms with Crippen molar-refractivity contribution in [1.82, 2.24) is 10.6 Å². The largest absolute Gasteiger partial charge is 0.348 e. The molecular weight excluding hydrogens is 272 g/mol. The number of benzene rings is 1. The van der Waals surface area contributed by atoms with Crippen LogP contribution < -0.4 is 10.6 Å². The SMILES string of the molecule is Cl.O=C(N[C@@H]1CC2CCC1N2)c1ccc2c(c1)CCC2. The minimum Gasteiger partial charge on any atom is -0.348 e. The molecule has 2 saturated heterocycles. The van der Waals surface area contributed by atoms with Gasteiger partial charge in [0.25, 0.3) is 5.91 Å². The molecule has 2 N–H and O–H groups in total. The quantitative estimate of drug-likeness (QED) is 0.877. The van der Waals surface area contributed by atoms with E-state index < -0.39 is 0 Å². The second-order valence-corrected chi connectivity index (χ2v) is 6.20. The van der Waals surface area contributed by atoms with Crippen molar-refractivity contribution in [2.45, 2.75) is 56.7 Å². The number of rotatable bonds is 2. The first-order valence-electron chi connectivity index (χ1n) is 7.48. The van der Waals surface area contributed by atoms with Crippen molar-refractivity contribution in [3.8, 4) is 0 Å². The summed E-state index contributed by atoms with van der Waals surface area (Å²) in [4.78, 5) is 12.3. The Hall–Kier alpha value is -1.06. The molecule has 1 aliphatic carbocycles. The molecule has 2 fully saturated rings. The third-order valence-corrected chi connectivity index (χ3v) is 4.98. The van der Waals surface area contributed by atoms with Crippen LogP contribution in [-0.2, 0) is 12.8 Å². The molecule has 2 bridgehead atoms. The highest BCUT2D eigenvalue weighted by Crippen LogP contribution is 2.28. The van der Waals surface area contributed by atoms with E-state index in [-0.39, 0.29) is 18.3 Å². The maximum Gasteiger partial charge on any atom is 0.251 e. The lowest BCUT2D eigenvalue weighted by Crippen LogP contribution is -2.42. The summed E-state index contributed by atoms with van der Waals surface area (Å²) in [6.07, 6.45) is 7.12. The van der Waals surface area contributed by atoms with Gasteiger partial charge in [-0.1, -0.05) is 6.07 Å². The van der Waals surface area contributed by atoms with E-state index >= 15 is 0 Å². The number of halogens is 1. The van der Waals surface area contributed by atoms with E-state index in [0.29, 0.717) is 18.1 Å². The van der Waals surface area contributed by atoms with Crippen LogP contribution in [0, 0.1) is 0 Å². The van der Waals surface area contributed by atoms with Crippen molar-refractivity contribution in [2.75, 3.05) is 0 Å². The fraction of sp³-hybridized carbons (Fsp3) is 0.562. The van der Waals surface area contributed by atoms with Crippen molar-refractivity contribution in [3.05, 3.63) is 34.9 Å².